The number of ether oxygens (including phenoxy) is 1. The van der Waals surface area contributed by atoms with E-state index in [0.717, 1.165) is 35.7 Å². The molecule has 1 N–H and O–H groups in total. The summed E-state index contributed by atoms with van der Waals surface area (Å²) in [5.74, 6) is 2.06. The first-order valence-electron chi connectivity index (χ1n) is 11.0. The Morgan fingerprint density at radius 3 is 2.79 bits per heavy atom. The third-order valence-corrected chi connectivity index (χ3v) is 7.00. The molecule has 33 heavy (non-hydrogen) atoms. The highest BCUT2D eigenvalue weighted by Crippen LogP contribution is 2.34. The molecule has 0 bridgehead atoms. The minimum Gasteiger partial charge on any atom is -0.496 e. The van der Waals surface area contributed by atoms with Crippen LogP contribution in [0, 0.1) is 6.92 Å². The predicted molar refractivity (Wildman–Crippen MR) is 131 cm³/mol. The van der Waals surface area contributed by atoms with Gasteiger partial charge in [-0.15, -0.1) is 11.3 Å². The average Bonchev–Trinajstić information content (AvgIpc) is 3.51. The van der Waals surface area contributed by atoms with Crippen molar-refractivity contribution in [3.8, 4) is 17.1 Å². The first-order valence-corrected chi connectivity index (χ1v) is 11.8. The normalized spacial score (nSPS) is 14.0. The molecule has 2 aromatic carbocycles. The number of aryl methyl sites for hydroxylation is 1. The Hall–Kier alpha value is -3.52. The molecule has 8 heteroatoms. The van der Waals surface area contributed by atoms with Crippen molar-refractivity contribution in [2.75, 3.05) is 38.2 Å². The molecule has 1 aliphatic heterocycles. The molecule has 2 aromatic heterocycles. The average molecular weight is 463 g/mol. The van der Waals surface area contributed by atoms with E-state index in [9.17, 15) is 4.79 Å². The number of carbonyl (C=O) groups excluding carboxylic acids is 1. The Balaban J connectivity index is 1.20. The summed E-state index contributed by atoms with van der Waals surface area (Å²) in [4.78, 5) is 21.1. The Labute approximate surface area is 196 Å². The summed E-state index contributed by atoms with van der Waals surface area (Å²) < 4.78 is 12.5. The SMILES string of the molecule is COc1cc(N2CCN(C(=O)NCc3cccc4ccsc34)CC2)ccc1-c1cnc(C)o1. The first-order chi connectivity index (χ1) is 16.1. The number of carbonyl (C=O) groups is 1. The van der Waals surface area contributed by atoms with Crippen LogP contribution in [-0.2, 0) is 6.54 Å². The summed E-state index contributed by atoms with van der Waals surface area (Å²) in [5, 5.41) is 6.40. The fourth-order valence-corrected chi connectivity index (χ4v) is 5.13. The van der Waals surface area contributed by atoms with Crippen LogP contribution in [0.5, 0.6) is 5.75 Å². The quantitative estimate of drug-likeness (QED) is 0.457. The molecule has 1 fully saturated rings. The van der Waals surface area contributed by atoms with E-state index < -0.39 is 0 Å². The second-order valence-electron chi connectivity index (χ2n) is 8.02. The van der Waals surface area contributed by atoms with Crippen molar-refractivity contribution >= 4 is 33.1 Å². The van der Waals surface area contributed by atoms with Crippen LogP contribution in [0.4, 0.5) is 10.5 Å². The lowest BCUT2D eigenvalue weighted by Crippen LogP contribution is -2.51. The summed E-state index contributed by atoms with van der Waals surface area (Å²) in [5.41, 5.74) is 3.10. The molecule has 3 heterocycles. The lowest BCUT2D eigenvalue weighted by Gasteiger charge is -2.36. The van der Waals surface area contributed by atoms with E-state index in [1.165, 1.54) is 10.1 Å². The Morgan fingerprint density at radius 2 is 2.03 bits per heavy atom. The van der Waals surface area contributed by atoms with E-state index in [-0.39, 0.29) is 6.03 Å². The lowest BCUT2D eigenvalue weighted by atomic mass is 10.1. The number of nitrogens with zero attached hydrogens (tertiary/aromatic N) is 3. The van der Waals surface area contributed by atoms with Gasteiger partial charge in [0.2, 0.25) is 0 Å². The maximum absolute atomic E-state index is 12.8. The van der Waals surface area contributed by atoms with E-state index in [1.807, 2.05) is 30.0 Å². The van der Waals surface area contributed by atoms with Crippen LogP contribution in [0.2, 0.25) is 0 Å². The zero-order valence-electron chi connectivity index (χ0n) is 18.7. The highest BCUT2D eigenvalue weighted by atomic mass is 32.1. The number of anilines is 1. The second-order valence-corrected chi connectivity index (χ2v) is 8.93. The molecule has 5 rings (SSSR count). The van der Waals surface area contributed by atoms with Crippen LogP contribution in [0.1, 0.15) is 11.5 Å². The third kappa shape index (κ3) is 4.39. The molecule has 0 radical (unpaired) electrons. The predicted octanol–water partition coefficient (Wildman–Crippen LogP) is 4.91. The van der Waals surface area contributed by atoms with Crippen LogP contribution in [0.3, 0.4) is 0 Å². The fourth-order valence-electron chi connectivity index (χ4n) is 4.21. The van der Waals surface area contributed by atoms with Crippen molar-refractivity contribution < 1.29 is 13.9 Å². The molecule has 0 unspecified atom stereocenters. The van der Waals surface area contributed by atoms with Gasteiger partial charge in [-0.3, -0.25) is 0 Å². The third-order valence-electron chi connectivity index (χ3n) is 5.99. The zero-order chi connectivity index (χ0) is 22.8. The van der Waals surface area contributed by atoms with Crippen LogP contribution in [0.15, 0.2) is 58.5 Å². The molecular weight excluding hydrogens is 436 g/mol. The molecule has 0 spiro atoms. The largest absolute Gasteiger partial charge is 0.496 e. The molecule has 0 saturated carbocycles. The van der Waals surface area contributed by atoms with Crippen LogP contribution in [-0.4, -0.2) is 49.2 Å². The number of rotatable bonds is 5. The number of fused-ring (bicyclic) bond motifs is 1. The van der Waals surface area contributed by atoms with E-state index in [2.05, 4.69) is 44.8 Å². The number of aromatic nitrogens is 1. The number of benzene rings is 2. The number of urea groups is 1. The fraction of sp³-hybridized carbons (Fsp3) is 0.280. The lowest BCUT2D eigenvalue weighted by molar-refractivity contribution is 0.194. The Morgan fingerprint density at radius 1 is 1.18 bits per heavy atom. The molecular formula is C25H26N4O3S. The van der Waals surface area contributed by atoms with Crippen LogP contribution < -0.4 is 15.0 Å². The Bertz CT molecular complexity index is 1270. The molecule has 170 valence electrons. The van der Waals surface area contributed by atoms with Gasteiger partial charge < -0.3 is 24.3 Å². The number of amides is 2. The molecule has 0 atom stereocenters. The van der Waals surface area contributed by atoms with Crippen molar-refractivity contribution in [2.45, 2.75) is 13.5 Å². The maximum Gasteiger partial charge on any atom is 0.317 e. The highest BCUT2D eigenvalue weighted by Gasteiger charge is 2.22. The molecule has 1 saturated heterocycles. The van der Waals surface area contributed by atoms with Gasteiger partial charge in [0.25, 0.3) is 0 Å². The maximum atomic E-state index is 12.8. The van der Waals surface area contributed by atoms with Gasteiger partial charge in [-0.05, 0) is 34.5 Å². The molecule has 4 aromatic rings. The summed E-state index contributed by atoms with van der Waals surface area (Å²) >= 11 is 1.71. The van der Waals surface area contributed by atoms with E-state index in [0.29, 0.717) is 31.3 Å². The van der Waals surface area contributed by atoms with Gasteiger partial charge in [-0.25, -0.2) is 9.78 Å². The molecule has 7 nitrogen and oxygen atoms in total. The molecule has 1 aliphatic rings. The summed E-state index contributed by atoms with van der Waals surface area (Å²) in [7, 11) is 1.66. The van der Waals surface area contributed by atoms with Gasteiger partial charge in [0.05, 0.1) is 18.9 Å². The number of methoxy groups -OCH3 is 1. The smallest absolute Gasteiger partial charge is 0.317 e. The second kappa shape index (κ2) is 9.15. The Kier molecular flexibility index (Phi) is 5.92. The summed E-state index contributed by atoms with van der Waals surface area (Å²) in [6, 6.07) is 14.4. The van der Waals surface area contributed by atoms with Gasteiger partial charge in [-0.2, -0.15) is 0 Å². The van der Waals surface area contributed by atoms with Crippen molar-refractivity contribution in [3.63, 3.8) is 0 Å². The van der Waals surface area contributed by atoms with Crippen LogP contribution in [0.25, 0.3) is 21.4 Å². The minimum atomic E-state index is -0.0168. The van der Waals surface area contributed by atoms with E-state index in [4.69, 9.17) is 9.15 Å². The van der Waals surface area contributed by atoms with Crippen LogP contribution >= 0.6 is 11.3 Å². The summed E-state index contributed by atoms with van der Waals surface area (Å²) in [6.07, 6.45) is 1.71. The van der Waals surface area contributed by atoms with Gasteiger partial charge in [-0.1, -0.05) is 18.2 Å². The number of piperazine rings is 1. The number of nitrogens with one attached hydrogen (secondary N) is 1. The number of oxazole rings is 1. The first kappa shape index (κ1) is 21.3. The highest BCUT2D eigenvalue weighted by molar-refractivity contribution is 7.17. The van der Waals surface area contributed by atoms with Gasteiger partial charge in [0.15, 0.2) is 11.7 Å². The standard InChI is InChI=1S/C25H26N4O3S/c1-17-26-16-23(32-17)21-7-6-20(14-22(21)31-2)28-9-11-29(12-10-28)25(30)27-15-19-5-3-4-18-8-13-33-24(18)19/h3-8,13-14,16H,9-12,15H2,1-2H3,(H,27,30). The minimum absolute atomic E-state index is 0.0168. The van der Waals surface area contributed by atoms with Gasteiger partial charge in [0.1, 0.15) is 5.75 Å². The topological polar surface area (TPSA) is 70.8 Å². The monoisotopic (exact) mass is 462 g/mol. The van der Waals surface area contributed by atoms with Crippen molar-refractivity contribution in [2.24, 2.45) is 0 Å². The van der Waals surface area contributed by atoms with Crippen molar-refractivity contribution in [1.82, 2.24) is 15.2 Å². The van der Waals surface area contributed by atoms with Gasteiger partial charge in [0, 0.05) is 56.1 Å². The van der Waals surface area contributed by atoms with Crippen molar-refractivity contribution in [3.05, 3.63) is 65.5 Å². The molecule has 0 aliphatic carbocycles. The number of thiophene rings is 1. The van der Waals surface area contributed by atoms with E-state index in [1.54, 1.807) is 24.6 Å². The zero-order valence-corrected chi connectivity index (χ0v) is 19.5. The van der Waals surface area contributed by atoms with E-state index >= 15 is 0 Å². The number of hydrogen-bond donors (Lipinski definition) is 1. The number of hydrogen-bond acceptors (Lipinski definition) is 6. The van der Waals surface area contributed by atoms with Crippen molar-refractivity contribution in [1.29, 1.82) is 0 Å². The summed E-state index contributed by atoms with van der Waals surface area (Å²) in [6.45, 7) is 5.22. The molecule has 2 amide bonds. The van der Waals surface area contributed by atoms with Gasteiger partial charge >= 0.3 is 6.03 Å².